The van der Waals surface area contributed by atoms with Crippen molar-refractivity contribution in [2.24, 2.45) is 0 Å². The summed E-state index contributed by atoms with van der Waals surface area (Å²) in [7, 11) is 1.49. The van der Waals surface area contributed by atoms with Gasteiger partial charge in [-0.25, -0.2) is 4.57 Å². The summed E-state index contributed by atoms with van der Waals surface area (Å²) in [5.74, 6) is -0.506. The number of amides is 1. The number of quaternary nitrogens is 1. The highest BCUT2D eigenvalue weighted by atomic mass is 31.2. The molecule has 472 valence electrons. The Morgan fingerprint density at radius 2 is 0.753 bits per heavy atom. The SMILES string of the molecule is CCCCC/C=C\C/C=C\C/C=C\C/C=C\CCCCCCCCCCCCCC(=O)OC(/C=C\CCCCCCCCCCCCC)C(COP(=O)(O)OCC[N+](C)(C)C)NC(=O)CCCCCCCCC/C=C\CCCCCC. The van der Waals surface area contributed by atoms with Crippen LogP contribution in [0.1, 0.15) is 316 Å². The molecule has 3 atom stereocenters. The van der Waals surface area contributed by atoms with Gasteiger partial charge in [-0.15, -0.1) is 0 Å². The smallest absolute Gasteiger partial charge is 0.456 e. The van der Waals surface area contributed by atoms with E-state index in [9.17, 15) is 19.0 Å². The van der Waals surface area contributed by atoms with Crippen molar-refractivity contribution in [2.45, 2.75) is 328 Å². The summed E-state index contributed by atoms with van der Waals surface area (Å²) in [5.41, 5.74) is 0. The Hall–Kier alpha value is -2.55. The maximum atomic E-state index is 13.6. The number of nitrogens with one attached hydrogen (secondary N) is 1. The van der Waals surface area contributed by atoms with E-state index in [0.29, 0.717) is 17.4 Å². The van der Waals surface area contributed by atoms with E-state index in [1.54, 1.807) is 0 Å². The van der Waals surface area contributed by atoms with Crippen molar-refractivity contribution in [3.8, 4) is 0 Å². The molecule has 2 N–H and O–H groups in total. The van der Waals surface area contributed by atoms with Crippen LogP contribution in [0.15, 0.2) is 72.9 Å². The molecule has 0 heterocycles. The number of hydrogen-bond acceptors (Lipinski definition) is 6. The van der Waals surface area contributed by atoms with Gasteiger partial charge >= 0.3 is 13.8 Å². The molecule has 0 aliphatic carbocycles. The van der Waals surface area contributed by atoms with Gasteiger partial charge in [0.25, 0.3) is 0 Å². The molecule has 0 aromatic carbocycles. The fourth-order valence-corrected chi connectivity index (χ4v) is 10.5. The van der Waals surface area contributed by atoms with Gasteiger partial charge in [-0.1, -0.05) is 274 Å². The fourth-order valence-electron chi connectivity index (χ4n) is 9.80. The van der Waals surface area contributed by atoms with Gasteiger partial charge in [-0.2, -0.15) is 0 Å². The molecule has 1 amide bonds. The molecule has 0 aromatic heterocycles. The van der Waals surface area contributed by atoms with Crippen LogP contribution in [-0.4, -0.2) is 74.3 Å². The molecule has 0 bridgehead atoms. The predicted octanol–water partition coefficient (Wildman–Crippen LogP) is 21.6. The number of phosphoric acid groups is 1. The highest BCUT2D eigenvalue weighted by Crippen LogP contribution is 2.43. The Morgan fingerprint density at radius 1 is 0.432 bits per heavy atom. The molecule has 0 fully saturated rings. The zero-order valence-electron chi connectivity index (χ0n) is 54.0. The zero-order valence-corrected chi connectivity index (χ0v) is 54.9. The first-order valence-corrected chi connectivity index (χ1v) is 35.8. The summed E-state index contributed by atoms with van der Waals surface area (Å²) in [6.45, 7) is 6.99. The van der Waals surface area contributed by atoms with Crippen LogP contribution in [0.3, 0.4) is 0 Å². The van der Waals surface area contributed by atoms with Crippen molar-refractivity contribution in [3.63, 3.8) is 0 Å². The van der Waals surface area contributed by atoms with Gasteiger partial charge in [0.15, 0.2) is 0 Å². The number of likely N-dealkylation sites (N-methyl/N-ethyl adjacent to an activating group) is 1. The lowest BCUT2D eigenvalue weighted by atomic mass is 10.0. The Bertz CT molecular complexity index is 1620. The maximum absolute atomic E-state index is 13.6. The van der Waals surface area contributed by atoms with E-state index >= 15 is 0 Å². The van der Waals surface area contributed by atoms with Crippen molar-refractivity contribution in [3.05, 3.63) is 72.9 Å². The molecular weight excluding hydrogens is 1020 g/mol. The number of hydrogen-bond donors (Lipinski definition) is 2. The molecule has 0 aromatic rings. The number of carbonyl (C=O) groups is 2. The lowest BCUT2D eigenvalue weighted by Crippen LogP contribution is -2.47. The third-order valence-electron chi connectivity index (χ3n) is 15.1. The second kappa shape index (κ2) is 60.6. The molecule has 3 unspecified atom stereocenters. The van der Waals surface area contributed by atoms with Crippen LogP contribution in [0, 0.1) is 0 Å². The Balaban J connectivity index is 5.09. The molecule has 0 rings (SSSR count). The number of nitrogens with zero attached hydrogens (tertiary/aromatic N) is 1. The lowest BCUT2D eigenvalue weighted by molar-refractivity contribution is -0.870. The predicted molar refractivity (Wildman–Crippen MR) is 351 cm³/mol. The monoisotopic (exact) mass is 1160 g/mol. The quantitative estimate of drug-likeness (QED) is 0.0205. The van der Waals surface area contributed by atoms with E-state index in [2.05, 4.69) is 86.8 Å². The van der Waals surface area contributed by atoms with Crippen LogP contribution < -0.4 is 5.32 Å². The Labute approximate surface area is 502 Å². The van der Waals surface area contributed by atoms with Crippen LogP contribution in [0.5, 0.6) is 0 Å². The highest BCUT2D eigenvalue weighted by molar-refractivity contribution is 7.47. The zero-order chi connectivity index (χ0) is 59.3. The molecule has 81 heavy (non-hydrogen) atoms. The molecule has 0 aliphatic rings. The number of ether oxygens (including phenoxy) is 1. The second-order valence-corrected chi connectivity index (χ2v) is 25.8. The summed E-state index contributed by atoms with van der Waals surface area (Å²) < 4.78 is 30.8. The van der Waals surface area contributed by atoms with Gasteiger partial charge in [0.05, 0.1) is 33.8 Å². The van der Waals surface area contributed by atoms with E-state index in [1.165, 1.54) is 193 Å². The standard InChI is InChI=1S/C71H131N2O7P/c1-7-10-13-16-19-22-25-28-30-31-32-33-34-35-36-37-38-39-40-41-43-46-49-52-55-58-61-64-71(75)80-69(62-59-56-53-50-47-44-27-24-21-18-15-12-9-3)68(67-79-81(76,77)78-66-65-73(4,5)6)72-70(74)63-60-57-54-51-48-45-42-29-26-23-20-17-14-11-8-2/h19,22-23,26,28,30,32-33,35-36,59,62,68-69H,7-18,20-21,24-25,27,29,31,34,37-58,60-61,63-67H2,1-6H3,(H-,72,74,76,77)/p+1/b22-19-,26-23-,30-28-,33-32-,36-35-,62-59-. The van der Waals surface area contributed by atoms with Crippen molar-refractivity contribution in [1.82, 2.24) is 5.32 Å². The number of esters is 1. The molecule has 9 nitrogen and oxygen atoms in total. The van der Waals surface area contributed by atoms with Crippen molar-refractivity contribution in [2.75, 3.05) is 40.9 Å². The topological polar surface area (TPSA) is 111 Å². The van der Waals surface area contributed by atoms with Crippen LogP contribution in [-0.2, 0) is 27.9 Å². The van der Waals surface area contributed by atoms with Gasteiger partial charge in [-0.3, -0.25) is 18.6 Å². The molecule has 0 spiro atoms. The largest absolute Gasteiger partial charge is 0.472 e. The molecular formula is C71H132N2O7P+. The maximum Gasteiger partial charge on any atom is 0.472 e. The lowest BCUT2D eigenvalue weighted by Gasteiger charge is -2.27. The van der Waals surface area contributed by atoms with E-state index in [-0.39, 0.29) is 31.5 Å². The number of carbonyl (C=O) groups excluding carboxylic acids is 2. The van der Waals surface area contributed by atoms with E-state index in [1.807, 2.05) is 33.3 Å². The van der Waals surface area contributed by atoms with Crippen LogP contribution in [0.2, 0.25) is 0 Å². The fraction of sp³-hybridized carbons (Fsp3) is 0.803. The first kappa shape index (κ1) is 78.5. The summed E-state index contributed by atoms with van der Waals surface area (Å²) in [4.78, 5) is 37.8. The normalized spacial score (nSPS) is 14.0. The summed E-state index contributed by atoms with van der Waals surface area (Å²) in [6.07, 6.45) is 79.0. The number of unbranched alkanes of at least 4 members (excludes halogenated alkanes) is 36. The van der Waals surface area contributed by atoms with Crippen LogP contribution in [0.4, 0.5) is 0 Å². The Morgan fingerprint density at radius 3 is 1.17 bits per heavy atom. The first-order valence-electron chi connectivity index (χ1n) is 34.3. The minimum Gasteiger partial charge on any atom is -0.456 e. The average Bonchev–Trinajstić information content (AvgIpc) is 3.44. The summed E-state index contributed by atoms with van der Waals surface area (Å²) in [6, 6.07) is -0.854. The number of rotatable bonds is 62. The third-order valence-corrected chi connectivity index (χ3v) is 16.1. The van der Waals surface area contributed by atoms with Crippen molar-refractivity contribution < 1.29 is 37.3 Å². The van der Waals surface area contributed by atoms with Crippen molar-refractivity contribution in [1.29, 1.82) is 0 Å². The number of phosphoric ester groups is 1. The van der Waals surface area contributed by atoms with Crippen LogP contribution >= 0.6 is 7.82 Å². The van der Waals surface area contributed by atoms with E-state index in [4.69, 9.17) is 13.8 Å². The first-order chi connectivity index (χ1) is 39.4. The Kier molecular flexibility index (Phi) is 58.7. The molecule has 10 heteroatoms. The molecule has 0 saturated heterocycles. The second-order valence-electron chi connectivity index (χ2n) is 24.3. The summed E-state index contributed by atoms with van der Waals surface area (Å²) in [5, 5.41) is 3.06. The molecule has 0 saturated carbocycles. The van der Waals surface area contributed by atoms with Gasteiger partial charge in [0.1, 0.15) is 19.3 Å². The highest BCUT2D eigenvalue weighted by Gasteiger charge is 2.30. The van der Waals surface area contributed by atoms with Gasteiger partial charge in [-0.05, 0) is 102 Å². The van der Waals surface area contributed by atoms with E-state index < -0.39 is 20.0 Å². The van der Waals surface area contributed by atoms with Crippen LogP contribution in [0.25, 0.3) is 0 Å². The molecule has 0 aliphatic heterocycles. The van der Waals surface area contributed by atoms with Crippen molar-refractivity contribution >= 4 is 19.7 Å². The minimum atomic E-state index is -4.45. The average molecular weight is 1160 g/mol. The molecule has 0 radical (unpaired) electrons. The van der Waals surface area contributed by atoms with Gasteiger partial charge in [0, 0.05) is 12.8 Å². The minimum absolute atomic E-state index is 0.0378. The third kappa shape index (κ3) is 61.8. The van der Waals surface area contributed by atoms with Gasteiger partial charge in [0.2, 0.25) is 5.91 Å². The van der Waals surface area contributed by atoms with Gasteiger partial charge < -0.3 is 19.4 Å². The summed E-state index contributed by atoms with van der Waals surface area (Å²) >= 11 is 0. The van der Waals surface area contributed by atoms with E-state index in [0.717, 1.165) is 89.9 Å². The number of allylic oxidation sites excluding steroid dienone is 11.